The van der Waals surface area contributed by atoms with Gasteiger partial charge in [-0.3, -0.25) is 0 Å². The van der Waals surface area contributed by atoms with Crippen molar-refractivity contribution in [2.75, 3.05) is 19.8 Å². The van der Waals surface area contributed by atoms with Crippen molar-refractivity contribution in [2.45, 2.75) is 169 Å². The van der Waals surface area contributed by atoms with Gasteiger partial charge in [0.2, 0.25) is 0 Å². The second-order valence-electron chi connectivity index (χ2n) is 9.30. The van der Waals surface area contributed by atoms with Crippen LogP contribution in [0.4, 0.5) is 0 Å². The van der Waals surface area contributed by atoms with Gasteiger partial charge in [0.05, 0.1) is 0 Å². The minimum atomic E-state index is -0.903. The first-order valence-electron chi connectivity index (χ1n) is 15.0. The molecule has 0 spiro atoms. The number of hydrogen-bond donors (Lipinski definition) is 3. The summed E-state index contributed by atoms with van der Waals surface area (Å²) in [5.74, 6) is -0.903. The van der Waals surface area contributed by atoms with E-state index in [0.717, 1.165) is 51.4 Å². The number of carboxylic acid groups (broad SMARTS) is 1. The van der Waals surface area contributed by atoms with E-state index < -0.39 is 5.97 Å². The fraction of sp³-hybridized carbons (Fsp3) is 0.967. The van der Waals surface area contributed by atoms with Gasteiger partial charge in [-0.05, 0) is 32.1 Å². The van der Waals surface area contributed by atoms with Crippen molar-refractivity contribution < 1.29 is 51.4 Å². The van der Waals surface area contributed by atoms with E-state index in [1.54, 1.807) is 0 Å². The van der Waals surface area contributed by atoms with Gasteiger partial charge in [-0.2, -0.15) is 0 Å². The Labute approximate surface area is 245 Å². The quantitative estimate of drug-likeness (QED) is 0.114. The molecule has 0 saturated carbocycles. The van der Waals surface area contributed by atoms with Crippen molar-refractivity contribution in [1.29, 1.82) is 0 Å². The van der Waals surface area contributed by atoms with Crippen LogP contribution in [-0.2, 0) is 31.0 Å². The van der Waals surface area contributed by atoms with E-state index >= 15 is 0 Å². The standard InChI is InChI=1S/C18H36O2.3C4H10O.Zr/c1-2-3-4-5-6-7-8-9-10-11-12-13-14-15-16-17-18(19)20;3*1-2-3-4-5;/h2-17H2,1H3,(H,19,20);3*5H,2-4H2,1H3;/p-1. The predicted octanol–water partition coefficient (Wildman–Crippen LogP) is 7.33. The second-order valence-corrected chi connectivity index (χ2v) is 9.30. The largest absolute Gasteiger partial charge is 0.550 e. The number of hydrogen-bond acceptors (Lipinski definition) is 5. The number of aliphatic hydroxyl groups excluding tert-OH is 3. The van der Waals surface area contributed by atoms with Crippen LogP contribution in [0.25, 0.3) is 0 Å². The topological polar surface area (TPSA) is 101 Å². The Bertz CT molecular complexity index is 310. The molecule has 3 N–H and O–H groups in total. The van der Waals surface area contributed by atoms with Crippen molar-refractivity contribution in [3.63, 3.8) is 0 Å². The molecule has 220 valence electrons. The third-order valence-electron chi connectivity index (χ3n) is 5.52. The van der Waals surface area contributed by atoms with Crippen LogP contribution in [0.2, 0.25) is 0 Å². The summed E-state index contributed by atoms with van der Waals surface area (Å²) in [6, 6.07) is 0. The van der Waals surface area contributed by atoms with Crippen LogP contribution in [-0.4, -0.2) is 41.1 Å². The number of carboxylic acids is 1. The molecule has 6 heteroatoms. The van der Waals surface area contributed by atoms with Gasteiger partial charge in [0.1, 0.15) is 0 Å². The maximum Gasteiger partial charge on any atom is 0.0430 e. The molecule has 0 saturated heterocycles. The summed E-state index contributed by atoms with van der Waals surface area (Å²) >= 11 is 0. The van der Waals surface area contributed by atoms with E-state index in [1.807, 2.05) is 0 Å². The molecular formula is C30H65O5Zr-. The van der Waals surface area contributed by atoms with Gasteiger partial charge in [-0.15, -0.1) is 0 Å². The van der Waals surface area contributed by atoms with Gasteiger partial charge in [0.15, 0.2) is 0 Å². The molecule has 0 aromatic rings. The third kappa shape index (κ3) is 70.0. The number of carbonyl (C=O) groups is 1. The first kappa shape index (κ1) is 46.1. The molecule has 0 rings (SSSR count). The summed E-state index contributed by atoms with van der Waals surface area (Å²) in [6.07, 6.45) is 26.0. The Hall–Kier alpha value is 0.233. The van der Waals surface area contributed by atoms with Gasteiger partial charge >= 0.3 is 0 Å². The van der Waals surface area contributed by atoms with Gasteiger partial charge in [-0.25, -0.2) is 0 Å². The molecule has 0 aromatic carbocycles. The second kappa shape index (κ2) is 51.8. The molecule has 0 unspecified atom stereocenters. The molecule has 5 nitrogen and oxygen atoms in total. The van der Waals surface area contributed by atoms with Crippen LogP contribution in [0.15, 0.2) is 0 Å². The van der Waals surface area contributed by atoms with Crippen molar-refractivity contribution in [1.82, 2.24) is 0 Å². The number of aliphatic carboxylic acids is 1. The third-order valence-corrected chi connectivity index (χ3v) is 5.52. The molecule has 0 amide bonds. The average Bonchev–Trinajstić information content (AvgIpc) is 2.84. The number of unbranched alkanes of at least 4 members (excludes halogenated alkanes) is 17. The van der Waals surface area contributed by atoms with Crippen LogP contribution >= 0.6 is 0 Å². The Morgan fingerprint density at radius 1 is 0.444 bits per heavy atom. The summed E-state index contributed by atoms with van der Waals surface area (Å²) in [4.78, 5) is 10.2. The molecule has 36 heavy (non-hydrogen) atoms. The van der Waals surface area contributed by atoms with Gasteiger partial charge in [0, 0.05) is 52.0 Å². The Balaban J connectivity index is -0.000000163. The minimum absolute atomic E-state index is 0. The SMILES string of the molecule is CCCCCCCCCCCCCCCCCC(=O)[O-].CCCCO.CCCCO.CCCCO.[Zr]. The van der Waals surface area contributed by atoms with Crippen molar-refractivity contribution >= 4 is 5.97 Å². The zero-order valence-corrected chi connectivity index (χ0v) is 27.3. The molecule has 0 aromatic heterocycles. The number of carbonyl (C=O) groups excluding carboxylic acids is 1. The average molecular weight is 597 g/mol. The molecular weight excluding hydrogens is 532 g/mol. The van der Waals surface area contributed by atoms with Crippen LogP contribution in [0.5, 0.6) is 0 Å². The van der Waals surface area contributed by atoms with Crippen molar-refractivity contribution in [2.24, 2.45) is 0 Å². The minimum Gasteiger partial charge on any atom is -0.550 e. The first-order valence-corrected chi connectivity index (χ1v) is 15.0. The van der Waals surface area contributed by atoms with Crippen LogP contribution in [0.1, 0.15) is 169 Å². The van der Waals surface area contributed by atoms with Crippen LogP contribution in [0.3, 0.4) is 0 Å². The molecule has 0 aliphatic rings. The maximum atomic E-state index is 10.2. The summed E-state index contributed by atoms with van der Waals surface area (Å²) < 4.78 is 0. The normalized spacial score (nSPS) is 9.53. The molecule has 0 aliphatic heterocycles. The predicted molar refractivity (Wildman–Crippen MR) is 151 cm³/mol. The van der Waals surface area contributed by atoms with Crippen LogP contribution in [0, 0.1) is 0 Å². The summed E-state index contributed by atoms with van der Waals surface area (Å²) in [7, 11) is 0. The van der Waals surface area contributed by atoms with E-state index in [4.69, 9.17) is 15.3 Å². The van der Waals surface area contributed by atoms with Crippen molar-refractivity contribution in [3.8, 4) is 0 Å². The Kier molecular flexibility index (Phi) is 66.3. The van der Waals surface area contributed by atoms with Crippen LogP contribution < -0.4 is 5.11 Å². The van der Waals surface area contributed by atoms with Gasteiger partial charge < -0.3 is 25.2 Å². The maximum absolute atomic E-state index is 10.2. The number of aliphatic hydroxyl groups is 3. The number of rotatable bonds is 22. The molecule has 0 atom stereocenters. The summed E-state index contributed by atoms with van der Waals surface area (Å²) in [6.45, 7) is 9.45. The Morgan fingerprint density at radius 2 is 0.667 bits per heavy atom. The molecule has 0 bridgehead atoms. The fourth-order valence-corrected chi connectivity index (χ4v) is 3.11. The van der Waals surface area contributed by atoms with E-state index in [0.29, 0.717) is 19.8 Å². The molecule has 0 heterocycles. The Morgan fingerprint density at radius 3 is 0.833 bits per heavy atom. The van der Waals surface area contributed by atoms with E-state index in [9.17, 15) is 9.90 Å². The van der Waals surface area contributed by atoms with E-state index in [2.05, 4.69) is 27.7 Å². The fourth-order valence-electron chi connectivity index (χ4n) is 3.11. The summed E-state index contributed by atoms with van der Waals surface area (Å²) in [5, 5.41) is 34.4. The monoisotopic (exact) mass is 595 g/mol. The smallest absolute Gasteiger partial charge is 0.0430 e. The molecule has 0 fully saturated rings. The van der Waals surface area contributed by atoms with Crippen molar-refractivity contribution in [3.05, 3.63) is 0 Å². The molecule has 0 radical (unpaired) electrons. The molecule has 0 aliphatic carbocycles. The van der Waals surface area contributed by atoms with Gasteiger partial charge in [0.25, 0.3) is 0 Å². The van der Waals surface area contributed by atoms with E-state index in [1.165, 1.54) is 83.5 Å². The zero-order valence-electron chi connectivity index (χ0n) is 24.8. The van der Waals surface area contributed by atoms with E-state index in [-0.39, 0.29) is 32.6 Å². The first-order chi connectivity index (χ1) is 17.0. The van der Waals surface area contributed by atoms with Gasteiger partial charge in [-0.1, -0.05) is 137 Å². The zero-order chi connectivity index (χ0) is 27.3. The summed E-state index contributed by atoms with van der Waals surface area (Å²) in [5.41, 5.74) is 0.